The molecule has 1 heterocycles. The Morgan fingerprint density at radius 2 is 2.08 bits per heavy atom. The van der Waals surface area contributed by atoms with Gasteiger partial charge in [0, 0.05) is 12.6 Å². The summed E-state index contributed by atoms with van der Waals surface area (Å²) in [5.41, 5.74) is 0. The predicted molar refractivity (Wildman–Crippen MR) is 51.8 cm³/mol. The average Bonchev–Trinajstić information content (AvgIpc) is 2.13. The van der Waals surface area contributed by atoms with Crippen molar-refractivity contribution in [2.45, 2.75) is 45.1 Å². The van der Waals surface area contributed by atoms with Crippen molar-refractivity contribution in [1.29, 1.82) is 5.26 Å². The highest BCUT2D eigenvalue weighted by atomic mass is 15.1. The number of rotatable bonds is 2. The topological polar surface area (TPSA) is 27.0 Å². The van der Waals surface area contributed by atoms with Gasteiger partial charge in [-0.05, 0) is 32.9 Å². The number of piperidine rings is 1. The third-order valence-corrected chi connectivity index (χ3v) is 2.54. The van der Waals surface area contributed by atoms with E-state index in [1.165, 1.54) is 38.6 Å². The summed E-state index contributed by atoms with van der Waals surface area (Å²) in [6.07, 6.45) is 7.04. The molecule has 1 atom stereocenters. The predicted octanol–water partition coefficient (Wildman–Crippen LogP) is 2.41. The zero-order valence-corrected chi connectivity index (χ0v) is 8.29. The summed E-state index contributed by atoms with van der Waals surface area (Å²) in [5, 5.41) is 6.50. The summed E-state index contributed by atoms with van der Waals surface area (Å²) in [6, 6.07) is 0.902. The Hall–Kier alpha value is -0.550. The molecule has 0 bridgehead atoms. The normalized spacial score (nSPS) is 24.2. The van der Waals surface area contributed by atoms with Crippen molar-refractivity contribution < 1.29 is 0 Å². The molecule has 1 saturated heterocycles. The Morgan fingerprint density at radius 1 is 1.42 bits per heavy atom. The Labute approximate surface area is 76.2 Å². The molecule has 1 aliphatic heterocycles. The summed E-state index contributed by atoms with van der Waals surface area (Å²) < 4.78 is 0. The van der Waals surface area contributed by atoms with Crippen LogP contribution in [0.15, 0.2) is 0 Å². The number of nitrogens with zero attached hydrogens (tertiary/aromatic N) is 2. The minimum atomic E-state index is 0.902. The zero-order valence-electron chi connectivity index (χ0n) is 8.29. The second-order valence-corrected chi connectivity index (χ2v) is 3.42. The maximum absolute atomic E-state index is 6.50. The second kappa shape index (κ2) is 7.12. The highest BCUT2D eigenvalue weighted by molar-refractivity contribution is 4.72. The van der Waals surface area contributed by atoms with Crippen molar-refractivity contribution in [2.75, 3.05) is 13.6 Å². The van der Waals surface area contributed by atoms with E-state index in [1.807, 2.05) is 0 Å². The molecule has 0 aromatic rings. The van der Waals surface area contributed by atoms with Gasteiger partial charge in [-0.15, -0.1) is 0 Å². The lowest BCUT2D eigenvalue weighted by Gasteiger charge is -2.32. The number of hydrogen-bond donors (Lipinski definition) is 0. The molecular formula is C10H20N2. The van der Waals surface area contributed by atoms with E-state index >= 15 is 0 Å². The van der Waals surface area contributed by atoms with E-state index in [0.29, 0.717) is 0 Å². The number of likely N-dealkylation sites (tertiary alicyclic amines) is 1. The van der Waals surface area contributed by atoms with Crippen molar-refractivity contribution in [3.63, 3.8) is 0 Å². The lowest BCUT2D eigenvalue weighted by Crippen LogP contribution is -2.35. The third-order valence-electron chi connectivity index (χ3n) is 2.54. The van der Waals surface area contributed by atoms with E-state index in [4.69, 9.17) is 5.26 Å². The third kappa shape index (κ3) is 3.73. The summed E-state index contributed by atoms with van der Waals surface area (Å²) in [6.45, 7) is 7.10. The molecule has 0 radical (unpaired) electrons. The molecule has 0 aromatic heterocycles. The van der Waals surface area contributed by atoms with Gasteiger partial charge >= 0.3 is 0 Å². The van der Waals surface area contributed by atoms with Gasteiger partial charge in [0.1, 0.15) is 0 Å². The van der Waals surface area contributed by atoms with Gasteiger partial charge in [0.25, 0.3) is 0 Å². The first-order valence-electron chi connectivity index (χ1n) is 4.80. The second-order valence-electron chi connectivity index (χ2n) is 3.42. The maximum atomic E-state index is 6.50. The lowest BCUT2D eigenvalue weighted by atomic mass is 9.99. The van der Waals surface area contributed by atoms with Gasteiger partial charge < -0.3 is 4.90 Å². The zero-order chi connectivity index (χ0) is 9.40. The van der Waals surface area contributed by atoms with Crippen molar-refractivity contribution in [3.05, 3.63) is 0 Å². The van der Waals surface area contributed by atoms with Crippen molar-refractivity contribution in [3.8, 4) is 6.57 Å². The molecule has 70 valence electrons. The molecule has 1 rings (SSSR count). The Morgan fingerprint density at radius 3 is 2.58 bits per heavy atom. The van der Waals surface area contributed by atoms with Crippen LogP contribution in [-0.4, -0.2) is 24.5 Å². The van der Waals surface area contributed by atoms with Crippen LogP contribution in [-0.2, 0) is 0 Å². The summed E-state index contributed by atoms with van der Waals surface area (Å²) in [7, 11) is 2.26. The molecule has 0 aromatic carbocycles. The fraction of sp³-hybridized carbons (Fsp3) is 0.900. The van der Waals surface area contributed by atoms with Crippen LogP contribution in [0.3, 0.4) is 0 Å². The fourth-order valence-corrected chi connectivity index (χ4v) is 1.84. The van der Waals surface area contributed by atoms with Gasteiger partial charge in [0.05, 0.1) is 0 Å². The molecular weight excluding hydrogens is 148 g/mol. The van der Waals surface area contributed by atoms with E-state index in [1.54, 1.807) is 0 Å². The standard InChI is InChI=1S/C9H19N.CHN/c1-3-6-9-7-4-5-8-10(9)2;1-2/h9H,3-8H2,1-2H3;1H. The Kier molecular flexibility index (Phi) is 6.79. The number of nitriles is 1. The monoisotopic (exact) mass is 168 g/mol. The molecule has 12 heavy (non-hydrogen) atoms. The van der Waals surface area contributed by atoms with Crippen LogP contribution < -0.4 is 0 Å². The molecule has 1 fully saturated rings. The maximum Gasteiger partial charge on any atom is 0.0462 e. The molecule has 0 aliphatic carbocycles. The van der Waals surface area contributed by atoms with Crippen LogP contribution in [0.1, 0.15) is 39.0 Å². The fourth-order valence-electron chi connectivity index (χ4n) is 1.84. The van der Waals surface area contributed by atoms with Crippen molar-refractivity contribution in [2.24, 2.45) is 0 Å². The molecule has 0 N–H and O–H groups in total. The molecule has 2 nitrogen and oxygen atoms in total. The first-order valence-corrected chi connectivity index (χ1v) is 4.80. The van der Waals surface area contributed by atoms with E-state index < -0.39 is 0 Å². The first kappa shape index (κ1) is 11.4. The van der Waals surface area contributed by atoms with Crippen LogP contribution in [0.4, 0.5) is 0 Å². The summed E-state index contributed by atoms with van der Waals surface area (Å²) in [5.74, 6) is 0. The summed E-state index contributed by atoms with van der Waals surface area (Å²) >= 11 is 0. The SMILES string of the molecule is C#N.CCCC1CCCCN1C. The molecule has 0 amide bonds. The van der Waals surface area contributed by atoms with E-state index in [9.17, 15) is 0 Å². The minimum absolute atomic E-state index is 0.902. The number of hydrogen-bond acceptors (Lipinski definition) is 2. The quantitative estimate of drug-likeness (QED) is 0.633. The van der Waals surface area contributed by atoms with E-state index in [0.717, 1.165) is 6.04 Å². The Balaban J connectivity index is 0.000000561. The first-order chi connectivity index (χ1) is 5.84. The minimum Gasteiger partial charge on any atom is -0.303 e. The van der Waals surface area contributed by atoms with Gasteiger partial charge in [-0.1, -0.05) is 19.8 Å². The van der Waals surface area contributed by atoms with Crippen LogP contribution in [0, 0.1) is 11.8 Å². The van der Waals surface area contributed by atoms with Crippen LogP contribution in [0.25, 0.3) is 0 Å². The smallest absolute Gasteiger partial charge is 0.0462 e. The van der Waals surface area contributed by atoms with Gasteiger partial charge in [-0.3, -0.25) is 0 Å². The lowest BCUT2D eigenvalue weighted by molar-refractivity contribution is 0.175. The molecule has 1 unspecified atom stereocenters. The van der Waals surface area contributed by atoms with Crippen LogP contribution in [0.5, 0.6) is 0 Å². The van der Waals surface area contributed by atoms with Crippen LogP contribution >= 0.6 is 0 Å². The van der Waals surface area contributed by atoms with Crippen LogP contribution in [0.2, 0.25) is 0 Å². The highest BCUT2D eigenvalue weighted by Gasteiger charge is 2.16. The highest BCUT2D eigenvalue weighted by Crippen LogP contribution is 2.18. The van der Waals surface area contributed by atoms with Gasteiger partial charge in [0.2, 0.25) is 0 Å². The molecule has 1 aliphatic rings. The molecule has 0 saturated carbocycles. The van der Waals surface area contributed by atoms with Gasteiger partial charge in [0.15, 0.2) is 0 Å². The van der Waals surface area contributed by atoms with Gasteiger partial charge in [-0.25, -0.2) is 5.26 Å². The van der Waals surface area contributed by atoms with E-state index in [2.05, 4.69) is 25.4 Å². The molecule has 0 spiro atoms. The largest absolute Gasteiger partial charge is 0.303 e. The van der Waals surface area contributed by atoms with Crippen molar-refractivity contribution >= 4 is 0 Å². The van der Waals surface area contributed by atoms with E-state index in [-0.39, 0.29) is 0 Å². The van der Waals surface area contributed by atoms with Gasteiger partial charge in [-0.2, -0.15) is 0 Å². The van der Waals surface area contributed by atoms with Crippen molar-refractivity contribution in [1.82, 2.24) is 4.90 Å². The summed E-state index contributed by atoms with van der Waals surface area (Å²) in [4.78, 5) is 2.52. The average molecular weight is 168 g/mol. The molecule has 2 heteroatoms. The Bertz CT molecular complexity index is 118.